The van der Waals surface area contributed by atoms with Crippen LogP contribution in [0.1, 0.15) is 40.0 Å². The first-order chi connectivity index (χ1) is 12.0. The van der Waals surface area contributed by atoms with Gasteiger partial charge in [-0.1, -0.05) is 0 Å². The number of rotatable bonds is 6. The molecule has 25 heavy (non-hydrogen) atoms. The Labute approximate surface area is 148 Å². The highest BCUT2D eigenvalue weighted by molar-refractivity contribution is 7.09. The zero-order chi connectivity index (χ0) is 17.8. The van der Waals surface area contributed by atoms with E-state index < -0.39 is 12.6 Å². The summed E-state index contributed by atoms with van der Waals surface area (Å²) < 4.78 is 10.7. The number of aryl methyl sites for hydroxylation is 1. The Bertz CT molecular complexity index is 783. The topological polar surface area (TPSA) is 97.8 Å². The molecule has 1 unspecified atom stereocenters. The number of nitrogens with zero attached hydrogens (tertiary/aromatic N) is 1. The van der Waals surface area contributed by atoms with Gasteiger partial charge in [0.1, 0.15) is 22.6 Å². The number of hydrogen-bond donors (Lipinski definition) is 2. The molecule has 1 aromatic heterocycles. The maximum atomic E-state index is 12.4. The maximum Gasteiger partial charge on any atom is 0.341 e. The molecule has 1 aliphatic rings. The molecule has 132 valence electrons. The fraction of sp³-hybridized carbons (Fsp3) is 0.353. The third kappa shape index (κ3) is 4.34. The van der Waals surface area contributed by atoms with E-state index >= 15 is 0 Å². The van der Waals surface area contributed by atoms with E-state index in [0.29, 0.717) is 17.1 Å². The van der Waals surface area contributed by atoms with Gasteiger partial charge in [-0.05, 0) is 43.5 Å². The van der Waals surface area contributed by atoms with Crippen molar-refractivity contribution in [3.8, 4) is 5.75 Å². The van der Waals surface area contributed by atoms with Crippen molar-refractivity contribution in [3.05, 3.63) is 39.8 Å². The van der Waals surface area contributed by atoms with Crippen LogP contribution in [0.4, 0.5) is 5.69 Å². The Hall–Kier alpha value is -2.45. The van der Waals surface area contributed by atoms with E-state index in [-0.39, 0.29) is 12.0 Å². The summed E-state index contributed by atoms with van der Waals surface area (Å²) in [7, 11) is 0. The van der Waals surface area contributed by atoms with E-state index in [1.54, 1.807) is 23.6 Å². The summed E-state index contributed by atoms with van der Waals surface area (Å²) in [4.78, 5) is 27.3. The van der Waals surface area contributed by atoms with Crippen molar-refractivity contribution in [3.63, 3.8) is 0 Å². The second-order valence-corrected chi connectivity index (χ2v) is 6.58. The van der Waals surface area contributed by atoms with Crippen molar-refractivity contribution in [1.29, 1.82) is 0 Å². The molecule has 2 N–H and O–H groups in total. The predicted octanol–water partition coefficient (Wildman–Crippen LogP) is 3.02. The third-order valence-corrected chi connectivity index (χ3v) is 4.70. The molecule has 1 saturated heterocycles. The SMILES string of the molecule is Cc1cc(OCC(=O)O)ccc1NC(=O)c1csc(C2CCCO2)n1. The van der Waals surface area contributed by atoms with E-state index in [0.717, 1.165) is 30.0 Å². The number of carboxylic acid groups (broad SMARTS) is 1. The van der Waals surface area contributed by atoms with Gasteiger partial charge >= 0.3 is 5.97 Å². The highest BCUT2D eigenvalue weighted by Gasteiger charge is 2.22. The second kappa shape index (κ2) is 7.62. The Morgan fingerprint density at radius 3 is 3.00 bits per heavy atom. The van der Waals surface area contributed by atoms with Crippen LogP contribution in [0, 0.1) is 6.92 Å². The lowest BCUT2D eigenvalue weighted by molar-refractivity contribution is -0.139. The van der Waals surface area contributed by atoms with E-state index in [4.69, 9.17) is 14.6 Å². The van der Waals surface area contributed by atoms with Crippen LogP contribution in [-0.2, 0) is 9.53 Å². The highest BCUT2D eigenvalue weighted by atomic mass is 32.1. The predicted molar refractivity (Wildman–Crippen MR) is 92.3 cm³/mol. The van der Waals surface area contributed by atoms with Crippen molar-refractivity contribution >= 4 is 28.9 Å². The number of thiazole rings is 1. The minimum atomic E-state index is -1.04. The van der Waals surface area contributed by atoms with Gasteiger partial charge in [-0.15, -0.1) is 11.3 Å². The number of carbonyl (C=O) groups is 2. The number of nitrogens with one attached hydrogen (secondary N) is 1. The normalized spacial score (nSPS) is 16.6. The van der Waals surface area contributed by atoms with Gasteiger partial charge in [0.05, 0.1) is 0 Å². The van der Waals surface area contributed by atoms with Gasteiger partial charge in [0.15, 0.2) is 6.61 Å². The summed E-state index contributed by atoms with van der Waals surface area (Å²) in [5, 5.41) is 14.0. The van der Waals surface area contributed by atoms with Crippen LogP contribution in [0.2, 0.25) is 0 Å². The Morgan fingerprint density at radius 1 is 1.48 bits per heavy atom. The number of amides is 1. The van der Waals surface area contributed by atoms with Gasteiger partial charge in [-0.25, -0.2) is 9.78 Å². The standard InChI is InChI=1S/C17H18N2O5S/c1-10-7-11(24-8-15(20)21)4-5-12(10)18-16(22)13-9-25-17(19-13)14-3-2-6-23-14/h4-5,7,9,14H,2-3,6,8H2,1H3,(H,18,22)(H,20,21). The van der Waals surface area contributed by atoms with E-state index in [9.17, 15) is 9.59 Å². The average molecular weight is 362 g/mol. The van der Waals surface area contributed by atoms with Crippen molar-refractivity contribution in [1.82, 2.24) is 4.98 Å². The molecule has 1 aromatic carbocycles. The Kier molecular flexibility index (Phi) is 5.30. The molecule has 1 atom stereocenters. The number of carbonyl (C=O) groups excluding carboxylic acids is 1. The molecule has 1 aliphatic heterocycles. The Balaban J connectivity index is 1.65. The fourth-order valence-electron chi connectivity index (χ4n) is 2.51. The molecule has 7 nitrogen and oxygen atoms in total. The lowest BCUT2D eigenvalue weighted by Crippen LogP contribution is -2.14. The number of aromatic nitrogens is 1. The molecule has 0 spiro atoms. The molecule has 3 rings (SSSR count). The Morgan fingerprint density at radius 2 is 2.32 bits per heavy atom. The van der Waals surface area contributed by atoms with Crippen molar-refractivity contribution in [2.75, 3.05) is 18.5 Å². The molecule has 0 aliphatic carbocycles. The van der Waals surface area contributed by atoms with Crippen LogP contribution in [0.3, 0.4) is 0 Å². The number of hydrogen-bond acceptors (Lipinski definition) is 6. The van der Waals surface area contributed by atoms with E-state index in [1.807, 2.05) is 6.92 Å². The third-order valence-electron chi connectivity index (χ3n) is 3.77. The second-order valence-electron chi connectivity index (χ2n) is 5.69. The molecular weight excluding hydrogens is 344 g/mol. The minimum absolute atomic E-state index is 0.000969. The molecule has 2 heterocycles. The van der Waals surface area contributed by atoms with Gasteiger partial charge in [-0.3, -0.25) is 4.79 Å². The first-order valence-electron chi connectivity index (χ1n) is 7.86. The van der Waals surface area contributed by atoms with Crippen LogP contribution in [0.25, 0.3) is 0 Å². The van der Waals surface area contributed by atoms with Crippen LogP contribution in [0.15, 0.2) is 23.6 Å². The van der Waals surface area contributed by atoms with Gasteiger partial charge in [-0.2, -0.15) is 0 Å². The average Bonchev–Trinajstić information content (AvgIpc) is 3.26. The molecule has 2 aromatic rings. The largest absolute Gasteiger partial charge is 0.482 e. The van der Waals surface area contributed by atoms with Gasteiger partial charge in [0, 0.05) is 17.7 Å². The number of anilines is 1. The number of benzene rings is 1. The smallest absolute Gasteiger partial charge is 0.341 e. The number of aliphatic carboxylic acids is 1. The molecule has 1 fully saturated rings. The molecule has 1 amide bonds. The molecule has 0 radical (unpaired) electrons. The van der Waals surface area contributed by atoms with Crippen molar-refractivity contribution in [2.45, 2.75) is 25.9 Å². The van der Waals surface area contributed by atoms with Crippen LogP contribution >= 0.6 is 11.3 Å². The number of carboxylic acids is 1. The first-order valence-corrected chi connectivity index (χ1v) is 8.74. The van der Waals surface area contributed by atoms with Gasteiger partial charge < -0.3 is 19.9 Å². The molecular formula is C17H18N2O5S. The summed E-state index contributed by atoms with van der Waals surface area (Å²) in [6.07, 6.45) is 1.95. The zero-order valence-electron chi connectivity index (χ0n) is 13.7. The quantitative estimate of drug-likeness (QED) is 0.820. The summed E-state index contributed by atoms with van der Waals surface area (Å²) in [5.74, 6) is -0.893. The van der Waals surface area contributed by atoms with Crippen molar-refractivity contribution < 1.29 is 24.2 Å². The summed E-state index contributed by atoms with van der Waals surface area (Å²) in [6.45, 7) is 2.14. The van der Waals surface area contributed by atoms with Crippen LogP contribution in [-0.4, -0.2) is 35.2 Å². The molecule has 0 bridgehead atoms. The fourth-order valence-corrected chi connectivity index (χ4v) is 3.39. The zero-order valence-corrected chi connectivity index (χ0v) is 14.5. The lowest BCUT2D eigenvalue weighted by atomic mass is 10.2. The minimum Gasteiger partial charge on any atom is -0.482 e. The lowest BCUT2D eigenvalue weighted by Gasteiger charge is -2.10. The summed E-state index contributed by atoms with van der Waals surface area (Å²) >= 11 is 1.43. The molecule has 0 saturated carbocycles. The van der Waals surface area contributed by atoms with E-state index in [1.165, 1.54) is 11.3 Å². The van der Waals surface area contributed by atoms with Crippen LogP contribution in [0.5, 0.6) is 5.75 Å². The number of ether oxygens (including phenoxy) is 2. The van der Waals surface area contributed by atoms with E-state index in [2.05, 4.69) is 10.3 Å². The van der Waals surface area contributed by atoms with Gasteiger partial charge in [0.25, 0.3) is 5.91 Å². The van der Waals surface area contributed by atoms with Crippen molar-refractivity contribution in [2.24, 2.45) is 0 Å². The summed E-state index contributed by atoms with van der Waals surface area (Å²) in [6, 6.07) is 4.97. The van der Waals surface area contributed by atoms with Gasteiger partial charge in [0.2, 0.25) is 0 Å². The first kappa shape index (κ1) is 17.4. The van der Waals surface area contributed by atoms with Crippen LogP contribution < -0.4 is 10.1 Å². The monoisotopic (exact) mass is 362 g/mol. The maximum absolute atomic E-state index is 12.4. The molecule has 8 heteroatoms. The summed E-state index contributed by atoms with van der Waals surface area (Å²) in [5.41, 5.74) is 1.76. The highest BCUT2D eigenvalue weighted by Crippen LogP contribution is 2.31.